The number of carbonyl (C=O) groups excluding carboxylic acids is 1. The van der Waals surface area contributed by atoms with E-state index in [4.69, 9.17) is 0 Å². The van der Waals surface area contributed by atoms with E-state index >= 15 is 0 Å². The van der Waals surface area contributed by atoms with Gasteiger partial charge in [-0.05, 0) is 29.7 Å². The zero-order chi connectivity index (χ0) is 18.4. The van der Waals surface area contributed by atoms with E-state index in [0.717, 1.165) is 31.8 Å². The van der Waals surface area contributed by atoms with Crippen LogP contribution in [0.3, 0.4) is 0 Å². The van der Waals surface area contributed by atoms with E-state index in [1.54, 1.807) is 6.07 Å². The van der Waals surface area contributed by atoms with Gasteiger partial charge in [-0.1, -0.05) is 47.7 Å². The zero-order valence-electron chi connectivity index (χ0n) is 14.4. The summed E-state index contributed by atoms with van der Waals surface area (Å²) in [5.74, 6) is -0.309. The molecule has 1 aliphatic rings. The fourth-order valence-electron chi connectivity index (χ4n) is 3.39. The number of fused-ring (bicyclic) bond motifs is 2. The van der Waals surface area contributed by atoms with E-state index in [1.807, 2.05) is 42.5 Å². The molecule has 4 aromatic rings. The number of hydrogen-bond donors (Lipinski definition) is 1. The van der Waals surface area contributed by atoms with Gasteiger partial charge in [0.05, 0.1) is 16.1 Å². The van der Waals surface area contributed by atoms with Crippen molar-refractivity contribution in [2.24, 2.45) is 5.92 Å². The number of aromatic nitrogens is 1. The fraction of sp³-hybridized carbons (Fsp3) is 0.143. The summed E-state index contributed by atoms with van der Waals surface area (Å²) in [6, 6.07) is 18.5. The van der Waals surface area contributed by atoms with Gasteiger partial charge in [0.2, 0.25) is 5.91 Å². The molecule has 0 radical (unpaired) electrons. The number of thiazole rings is 1. The highest BCUT2D eigenvalue weighted by atomic mass is 32.1. The number of hydrogen-bond acceptors (Lipinski definition) is 4. The molecule has 0 aliphatic carbocycles. The largest absolute Gasteiger partial charge is 0.346 e. The van der Waals surface area contributed by atoms with Crippen molar-refractivity contribution in [2.45, 2.75) is 0 Å². The number of carbonyl (C=O) groups is 1. The summed E-state index contributed by atoms with van der Waals surface area (Å²) >= 11 is 1.46. The Morgan fingerprint density at radius 1 is 1.11 bits per heavy atom. The average Bonchev–Trinajstić information content (AvgIpc) is 3.03. The summed E-state index contributed by atoms with van der Waals surface area (Å²) in [4.78, 5) is 19.2. The van der Waals surface area contributed by atoms with Crippen LogP contribution in [0.25, 0.3) is 21.0 Å². The van der Waals surface area contributed by atoms with Gasteiger partial charge in [-0.3, -0.25) is 4.79 Å². The number of nitrogens with one attached hydrogen (secondary N) is 1. The first-order valence-corrected chi connectivity index (χ1v) is 9.59. The van der Waals surface area contributed by atoms with Crippen LogP contribution in [0.4, 0.5) is 15.2 Å². The molecule has 1 aromatic heterocycles. The third-order valence-electron chi connectivity index (χ3n) is 4.91. The average molecular weight is 377 g/mol. The Bertz CT molecular complexity index is 1160. The maximum Gasteiger partial charge on any atom is 0.231 e. The van der Waals surface area contributed by atoms with E-state index in [0.29, 0.717) is 13.1 Å². The summed E-state index contributed by atoms with van der Waals surface area (Å²) in [6.07, 6.45) is 0. The van der Waals surface area contributed by atoms with Gasteiger partial charge in [-0.25, -0.2) is 9.37 Å². The van der Waals surface area contributed by atoms with Crippen LogP contribution < -0.4 is 10.2 Å². The molecule has 1 amide bonds. The highest BCUT2D eigenvalue weighted by Crippen LogP contribution is 2.34. The lowest BCUT2D eigenvalue weighted by Crippen LogP contribution is -2.52. The molecule has 4 nitrogen and oxygen atoms in total. The minimum atomic E-state index is -0.256. The van der Waals surface area contributed by atoms with Gasteiger partial charge in [0.1, 0.15) is 5.82 Å². The molecule has 5 rings (SSSR count). The van der Waals surface area contributed by atoms with Crippen LogP contribution in [0.2, 0.25) is 0 Å². The normalized spacial score (nSPS) is 14.5. The van der Waals surface area contributed by atoms with Crippen LogP contribution in [0, 0.1) is 11.7 Å². The van der Waals surface area contributed by atoms with Crippen LogP contribution in [0.1, 0.15) is 0 Å². The standard InChI is InChI=1S/C21H16FN3OS/c22-15-8-9-18-19(10-15)27-21(24-18)25-11-14(12-25)20(26)23-17-7-3-5-13-4-1-2-6-16(13)17/h1-10,14H,11-12H2,(H,23,26). The molecular formula is C21H16FN3OS. The first-order chi connectivity index (χ1) is 13.2. The smallest absolute Gasteiger partial charge is 0.231 e. The van der Waals surface area contributed by atoms with Crippen molar-refractivity contribution in [3.63, 3.8) is 0 Å². The summed E-state index contributed by atoms with van der Waals surface area (Å²) < 4.78 is 14.2. The van der Waals surface area contributed by atoms with Crippen molar-refractivity contribution in [1.82, 2.24) is 4.98 Å². The molecule has 0 saturated carbocycles. The summed E-state index contributed by atoms with van der Waals surface area (Å²) in [6.45, 7) is 1.25. The van der Waals surface area contributed by atoms with Crippen molar-refractivity contribution < 1.29 is 9.18 Å². The molecule has 1 N–H and O–H groups in total. The Morgan fingerprint density at radius 2 is 1.93 bits per heavy atom. The van der Waals surface area contributed by atoms with E-state index in [2.05, 4.69) is 15.2 Å². The topological polar surface area (TPSA) is 45.2 Å². The third kappa shape index (κ3) is 2.92. The minimum absolute atomic E-state index is 0.0229. The zero-order valence-corrected chi connectivity index (χ0v) is 15.2. The lowest BCUT2D eigenvalue weighted by atomic mass is 9.99. The van der Waals surface area contributed by atoms with E-state index in [1.165, 1.54) is 23.5 Å². The molecule has 0 unspecified atom stereocenters. The monoisotopic (exact) mass is 377 g/mol. The Morgan fingerprint density at radius 3 is 2.81 bits per heavy atom. The quantitative estimate of drug-likeness (QED) is 0.565. The molecule has 0 atom stereocenters. The molecule has 3 aromatic carbocycles. The highest BCUT2D eigenvalue weighted by Gasteiger charge is 2.34. The van der Waals surface area contributed by atoms with Crippen molar-refractivity contribution >= 4 is 49.1 Å². The number of halogens is 1. The molecule has 0 bridgehead atoms. The van der Waals surface area contributed by atoms with Crippen LogP contribution in [0.5, 0.6) is 0 Å². The van der Waals surface area contributed by atoms with Gasteiger partial charge in [0.15, 0.2) is 5.13 Å². The Balaban J connectivity index is 1.29. The Labute approximate surface area is 159 Å². The first-order valence-electron chi connectivity index (χ1n) is 8.77. The summed E-state index contributed by atoms with van der Waals surface area (Å²) in [5, 5.41) is 6.04. The summed E-state index contributed by atoms with van der Waals surface area (Å²) in [5.41, 5.74) is 1.63. The van der Waals surface area contributed by atoms with Crippen LogP contribution in [-0.4, -0.2) is 24.0 Å². The predicted octanol–water partition coefficient (Wildman–Crippen LogP) is 4.66. The predicted molar refractivity (Wildman–Crippen MR) is 108 cm³/mol. The van der Waals surface area contributed by atoms with Gasteiger partial charge in [-0.2, -0.15) is 0 Å². The molecule has 1 saturated heterocycles. The maximum atomic E-state index is 13.3. The van der Waals surface area contributed by atoms with E-state index < -0.39 is 0 Å². The lowest BCUT2D eigenvalue weighted by molar-refractivity contribution is -0.120. The van der Waals surface area contributed by atoms with Crippen molar-refractivity contribution in [3.8, 4) is 0 Å². The minimum Gasteiger partial charge on any atom is -0.346 e. The molecule has 6 heteroatoms. The second-order valence-electron chi connectivity index (χ2n) is 6.73. The molecule has 1 fully saturated rings. The second kappa shape index (κ2) is 6.32. The van der Waals surface area contributed by atoms with Crippen LogP contribution >= 0.6 is 11.3 Å². The maximum absolute atomic E-state index is 13.3. The van der Waals surface area contributed by atoms with Crippen LogP contribution in [0.15, 0.2) is 60.7 Å². The lowest BCUT2D eigenvalue weighted by Gasteiger charge is -2.38. The SMILES string of the molecule is O=C(Nc1cccc2ccccc12)C1CN(c2nc3ccc(F)cc3s2)C1. The molecular weight excluding hydrogens is 361 g/mol. The third-order valence-corrected chi connectivity index (χ3v) is 5.99. The Kier molecular flexibility index (Phi) is 3.79. The molecule has 27 heavy (non-hydrogen) atoms. The number of anilines is 2. The van der Waals surface area contributed by atoms with Crippen molar-refractivity contribution in [1.29, 1.82) is 0 Å². The molecule has 0 spiro atoms. The number of amides is 1. The second-order valence-corrected chi connectivity index (χ2v) is 7.74. The van der Waals surface area contributed by atoms with Gasteiger partial charge in [0.25, 0.3) is 0 Å². The molecule has 2 heterocycles. The van der Waals surface area contributed by atoms with E-state index in [-0.39, 0.29) is 17.6 Å². The summed E-state index contributed by atoms with van der Waals surface area (Å²) in [7, 11) is 0. The fourth-order valence-corrected chi connectivity index (χ4v) is 4.40. The van der Waals surface area contributed by atoms with Crippen LogP contribution in [-0.2, 0) is 4.79 Å². The van der Waals surface area contributed by atoms with Crippen molar-refractivity contribution in [3.05, 3.63) is 66.5 Å². The molecule has 134 valence electrons. The van der Waals surface area contributed by atoms with Gasteiger partial charge in [0, 0.05) is 24.2 Å². The highest BCUT2D eigenvalue weighted by molar-refractivity contribution is 7.22. The Hall–Kier alpha value is -2.99. The number of benzene rings is 3. The molecule has 1 aliphatic heterocycles. The van der Waals surface area contributed by atoms with E-state index in [9.17, 15) is 9.18 Å². The van der Waals surface area contributed by atoms with Crippen molar-refractivity contribution in [2.75, 3.05) is 23.3 Å². The first kappa shape index (κ1) is 16.2. The van der Waals surface area contributed by atoms with Gasteiger partial charge < -0.3 is 10.2 Å². The van der Waals surface area contributed by atoms with Gasteiger partial charge in [-0.15, -0.1) is 0 Å². The number of rotatable bonds is 3. The number of nitrogens with zero attached hydrogens (tertiary/aromatic N) is 2. The van der Waals surface area contributed by atoms with Gasteiger partial charge >= 0.3 is 0 Å².